The Balaban J connectivity index is 2.67. The predicted molar refractivity (Wildman–Crippen MR) is 53.0 cm³/mol. The van der Waals surface area contributed by atoms with Gasteiger partial charge in [0.2, 0.25) is 0 Å². The number of esters is 1. The number of hydrogen-bond donors (Lipinski definition) is 0. The highest BCUT2D eigenvalue weighted by molar-refractivity contribution is 5.88. The van der Waals surface area contributed by atoms with E-state index in [-0.39, 0.29) is 5.97 Å². The number of rotatable bonds is 4. The van der Waals surface area contributed by atoms with Crippen LogP contribution in [0.15, 0.2) is 24.5 Å². The Bertz CT molecular complexity index is 342. The lowest BCUT2D eigenvalue weighted by Gasteiger charge is -1.98. The maximum Gasteiger partial charge on any atom is 0.341 e. The fraction of sp³-hybridized carbons (Fsp3) is 0.400. The van der Waals surface area contributed by atoms with E-state index in [0.717, 1.165) is 5.57 Å². The van der Waals surface area contributed by atoms with Crippen molar-refractivity contribution in [1.29, 1.82) is 0 Å². The van der Waals surface area contributed by atoms with Gasteiger partial charge >= 0.3 is 5.97 Å². The van der Waals surface area contributed by atoms with Gasteiger partial charge in [0.15, 0.2) is 0 Å². The lowest BCUT2D eigenvalue weighted by Crippen LogP contribution is -2.03. The van der Waals surface area contributed by atoms with E-state index in [0.29, 0.717) is 18.7 Å². The van der Waals surface area contributed by atoms with Gasteiger partial charge in [-0.2, -0.15) is 5.10 Å². The summed E-state index contributed by atoms with van der Waals surface area (Å²) in [5.41, 5.74) is 1.47. The number of ether oxygens (including phenoxy) is 1. The van der Waals surface area contributed by atoms with Gasteiger partial charge in [-0.3, -0.25) is 4.68 Å². The Morgan fingerprint density at radius 3 is 3.00 bits per heavy atom. The number of nitrogens with zero attached hydrogens (tertiary/aromatic N) is 2. The lowest BCUT2D eigenvalue weighted by molar-refractivity contribution is 0.0526. The van der Waals surface area contributed by atoms with E-state index >= 15 is 0 Å². The van der Waals surface area contributed by atoms with Crippen LogP contribution in [0.4, 0.5) is 0 Å². The first kappa shape index (κ1) is 10.5. The first-order chi connectivity index (χ1) is 6.63. The molecule has 0 aromatic carbocycles. The van der Waals surface area contributed by atoms with Crippen LogP contribution in [0.25, 0.3) is 0 Å². The molecule has 0 aliphatic carbocycles. The number of carbonyl (C=O) groups is 1. The van der Waals surface area contributed by atoms with E-state index in [1.165, 1.54) is 6.20 Å². The minimum absolute atomic E-state index is 0.333. The van der Waals surface area contributed by atoms with Crippen LogP contribution in [0.5, 0.6) is 0 Å². The van der Waals surface area contributed by atoms with Crippen molar-refractivity contribution in [2.45, 2.75) is 20.4 Å². The topological polar surface area (TPSA) is 44.1 Å². The highest BCUT2D eigenvalue weighted by Crippen LogP contribution is 2.02. The van der Waals surface area contributed by atoms with E-state index < -0.39 is 0 Å². The largest absolute Gasteiger partial charge is 0.462 e. The van der Waals surface area contributed by atoms with Gasteiger partial charge in [0, 0.05) is 6.20 Å². The molecule has 0 bridgehead atoms. The number of allylic oxidation sites excluding steroid dienone is 1. The van der Waals surface area contributed by atoms with Crippen molar-refractivity contribution in [3.05, 3.63) is 30.1 Å². The Kier molecular flexibility index (Phi) is 3.45. The highest BCUT2D eigenvalue weighted by atomic mass is 16.5. The minimum Gasteiger partial charge on any atom is -0.462 e. The third-order valence-corrected chi connectivity index (χ3v) is 1.58. The second kappa shape index (κ2) is 4.60. The molecule has 0 N–H and O–H groups in total. The number of carbonyl (C=O) groups excluding carboxylic acids is 1. The molecule has 0 radical (unpaired) electrons. The summed E-state index contributed by atoms with van der Waals surface area (Å²) in [6.07, 6.45) is 3.16. The molecule has 0 atom stereocenters. The van der Waals surface area contributed by atoms with Gasteiger partial charge in [-0.25, -0.2) is 4.79 Å². The molecule has 4 nitrogen and oxygen atoms in total. The maximum atomic E-state index is 11.2. The molecule has 1 aromatic rings. The molecule has 0 amide bonds. The average molecular weight is 194 g/mol. The fourth-order valence-corrected chi connectivity index (χ4v) is 1.05. The quantitative estimate of drug-likeness (QED) is 0.540. The average Bonchev–Trinajstić information content (AvgIpc) is 2.52. The molecule has 1 rings (SSSR count). The molecule has 0 spiro atoms. The van der Waals surface area contributed by atoms with E-state index in [1.54, 1.807) is 17.8 Å². The van der Waals surface area contributed by atoms with Crippen LogP contribution in [0.3, 0.4) is 0 Å². The molecule has 4 heteroatoms. The Labute approximate surface area is 83.2 Å². The highest BCUT2D eigenvalue weighted by Gasteiger charge is 2.08. The summed E-state index contributed by atoms with van der Waals surface area (Å²) in [7, 11) is 0. The number of hydrogen-bond acceptors (Lipinski definition) is 3. The second-order valence-corrected chi connectivity index (χ2v) is 3.10. The van der Waals surface area contributed by atoms with Gasteiger partial charge < -0.3 is 4.74 Å². The molecular formula is C10H14N2O2. The standard InChI is InChI=1S/C10H14N2O2/c1-4-14-10(13)9-5-11-12(7-9)6-8(2)3/h5,7H,2,4,6H2,1,3H3. The lowest BCUT2D eigenvalue weighted by atomic mass is 10.3. The van der Waals surface area contributed by atoms with Crippen LogP contribution in [0.2, 0.25) is 0 Å². The van der Waals surface area contributed by atoms with Crippen molar-refractivity contribution in [3.63, 3.8) is 0 Å². The summed E-state index contributed by atoms with van der Waals surface area (Å²) in [4.78, 5) is 11.2. The second-order valence-electron chi connectivity index (χ2n) is 3.10. The smallest absolute Gasteiger partial charge is 0.341 e. The molecule has 0 fully saturated rings. The molecule has 1 heterocycles. The summed E-state index contributed by atoms with van der Waals surface area (Å²) < 4.78 is 6.49. The fourth-order valence-electron chi connectivity index (χ4n) is 1.05. The summed E-state index contributed by atoms with van der Waals surface area (Å²) in [5, 5.41) is 4.01. The summed E-state index contributed by atoms with van der Waals surface area (Å²) in [6.45, 7) is 8.45. The van der Waals surface area contributed by atoms with E-state index in [1.807, 2.05) is 6.92 Å². The molecular weight excluding hydrogens is 180 g/mol. The van der Waals surface area contributed by atoms with Gasteiger partial charge in [-0.1, -0.05) is 12.2 Å². The Hall–Kier alpha value is -1.58. The zero-order valence-corrected chi connectivity index (χ0v) is 8.49. The van der Waals surface area contributed by atoms with Gasteiger partial charge in [0.25, 0.3) is 0 Å². The van der Waals surface area contributed by atoms with Crippen LogP contribution in [0.1, 0.15) is 24.2 Å². The van der Waals surface area contributed by atoms with Crippen LogP contribution < -0.4 is 0 Å². The van der Waals surface area contributed by atoms with E-state index in [2.05, 4.69) is 11.7 Å². The van der Waals surface area contributed by atoms with Crippen LogP contribution in [-0.2, 0) is 11.3 Å². The molecule has 0 saturated carbocycles. The van der Waals surface area contributed by atoms with Crippen molar-refractivity contribution >= 4 is 5.97 Å². The molecule has 0 unspecified atom stereocenters. The first-order valence-corrected chi connectivity index (χ1v) is 4.47. The van der Waals surface area contributed by atoms with Crippen molar-refractivity contribution in [2.75, 3.05) is 6.61 Å². The molecule has 1 aromatic heterocycles. The molecule has 0 aliphatic rings. The number of aromatic nitrogens is 2. The monoisotopic (exact) mass is 194 g/mol. The molecule has 14 heavy (non-hydrogen) atoms. The minimum atomic E-state index is -0.333. The third kappa shape index (κ3) is 2.73. The summed E-state index contributed by atoms with van der Waals surface area (Å²) >= 11 is 0. The Morgan fingerprint density at radius 2 is 2.43 bits per heavy atom. The summed E-state index contributed by atoms with van der Waals surface area (Å²) in [6, 6.07) is 0. The van der Waals surface area contributed by atoms with E-state index in [9.17, 15) is 4.79 Å². The van der Waals surface area contributed by atoms with Crippen molar-refractivity contribution in [1.82, 2.24) is 9.78 Å². The Morgan fingerprint density at radius 1 is 1.71 bits per heavy atom. The van der Waals surface area contributed by atoms with Gasteiger partial charge in [0.1, 0.15) is 0 Å². The zero-order valence-electron chi connectivity index (χ0n) is 8.49. The maximum absolute atomic E-state index is 11.2. The van der Waals surface area contributed by atoms with Crippen molar-refractivity contribution in [3.8, 4) is 0 Å². The third-order valence-electron chi connectivity index (χ3n) is 1.58. The van der Waals surface area contributed by atoms with Crippen molar-refractivity contribution in [2.24, 2.45) is 0 Å². The van der Waals surface area contributed by atoms with Gasteiger partial charge in [0.05, 0.1) is 24.9 Å². The van der Waals surface area contributed by atoms with Crippen LogP contribution in [-0.4, -0.2) is 22.4 Å². The summed E-state index contributed by atoms with van der Waals surface area (Å²) in [5.74, 6) is -0.333. The van der Waals surface area contributed by atoms with Crippen LogP contribution in [0, 0.1) is 0 Å². The predicted octanol–water partition coefficient (Wildman–Crippen LogP) is 1.64. The SMILES string of the molecule is C=C(C)Cn1cc(C(=O)OCC)cn1. The van der Waals surface area contributed by atoms with Gasteiger partial charge in [-0.15, -0.1) is 0 Å². The molecule has 0 aliphatic heterocycles. The van der Waals surface area contributed by atoms with Gasteiger partial charge in [-0.05, 0) is 13.8 Å². The zero-order chi connectivity index (χ0) is 10.6. The van der Waals surface area contributed by atoms with Crippen LogP contribution >= 0.6 is 0 Å². The molecule has 0 saturated heterocycles. The van der Waals surface area contributed by atoms with E-state index in [4.69, 9.17) is 4.74 Å². The normalized spacial score (nSPS) is 9.86. The van der Waals surface area contributed by atoms with Crippen molar-refractivity contribution < 1.29 is 9.53 Å². The first-order valence-electron chi connectivity index (χ1n) is 4.47. The molecule has 76 valence electrons.